The molecule has 0 aliphatic rings. The molecule has 0 unspecified atom stereocenters. The molecule has 0 saturated heterocycles. The third kappa shape index (κ3) is 3.81. The van der Waals surface area contributed by atoms with E-state index in [2.05, 4.69) is 20.8 Å². The number of anilines is 1. The molecule has 1 aromatic heterocycles. The Hall–Kier alpha value is -2.28. The number of hydrogen-bond donors (Lipinski definition) is 0. The standard InChI is InChI=1S/C22H20BrN3OS/c1-25(2)12-13-26(22-24-19-11-10-16(23)14-20(19)28-22)21(27)18-9-5-7-15-6-3-4-8-17(15)18/h3-11,14H,12-13H2,1-2H3. The first-order valence-electron chi connectivity index (χ1n) is 9.03. The van der Waals surface area contributed by atoms with Crippen LogP contribution in [0.25, 0.3) is 21.0 Å². The molecule has 1 amide bonds. The minimum atomic E-state index is -0.0169. The lowest BCUT2D eigenvalue weighted by Gasteiger charge is -2.22. The quantitative estimate of drug-likeness (QED) is 0.404. The summed E-state index contributed by atoms with van der Waals surface area (Å²) in [5.41, 5.74) is 1.61. The predicted octanol–water partition coefficient (Wildman–Crippen LogP) is 5.42. The second-order valence-corrected chi connectivity index (χ2v) is 8.82. The molecule has 28 heavy (non-hydrogen) atoms. The Labute approximate surface area is 176 Å². The number of benzene rings is 3. The fourth-order valence-corrected chi connectivity index (χ4v) is 4.68. The van der Waals surface area contributed by atoms with E-state index in [0.29, 0.717) is 12.1 Å². The molecule has 0 atom stereocenters. The number of hydrogen-bond acceptors (Lipinski definition) is 4. The summed E-state index contributed by atoms with van der Waals surface area (Å²) in [5.74, 6) is -0.0169. The Morgan fingerprint density at radius 2 is 1.82 bits per heavy atom. The molecule has 0 aliphatic carbocycles. The van der Waals surface area contributed by atoms with Gasteiger partial charge in [0.15, 0.2) is 5.13 Å². The first-order chi connectivity index (χ1) is 13.5. The summed E-state index contributed by atoms with van der Waals surface area (Å²) in [5, 5.41) is 2.76. The van der Waals surface area contributed by atoms with Crippen molar-refractivity contribution in [2.75, 3.05) is 32.1 Å². The van der Waals surface area contributed by atoms with Gasteiger partial charge in [0.05, 0.1) is 10.2 Å². The van der Waals surface area contributed by atoms with Crippen LogP contribution >= 0.6 is 27.3 Å². The molecular weight excluding hydrogens is 434 g/mol. The molecular formula is C22H20BrN3OS. The smallest absolute Gasteiger partial charge is 0.260 e. The Morgan fingerprint density at radius 1 is 1.04 bits per heavy atom. The number of amides is 1. The minimum Gasteiger partial charge on any atom is -0.308 e. The van der Waals surface area contributed by atoms with E-state index >= 15 is 0 Å². The van der Waals surface area contributed by atoms with E-state index in [9.17, 15) is 4.79 Å². The maximum Gasteiger partial charge on any atom is 0.260 e. The molecule has 0 spiro atoms. The predicted molar refractivity (Wildman–Crippen MR) is 121 cm³/mol. The lowest BCUT2D eigenvalue weighted by molar-refractivity contribution is 0.0987. The normalized spacial score (nSPS) is 11.4. The van der Waals surface area contributed by atoms with Crippen LogP contribution in [-0.2, 0) is 0 Å². The summed E-state index contributed by atoms with van der Waals surface area (Å²) in [4.78, 5) is 22.2. The van der Waals surface area contributed by atoms with Crippen LogP contribution in [0.4, 0.5) is 5.13 Å². The van der Waals surface area contributed by atoms with Crippen LogP contribution < -0.4 is 4.90 Å². The fraction of sp³-hybridized carbons (Fsp3) is 0.182. The zero-order valence-corrected chi connectivity index (χ0v) is 18.1. The fourth-order valence-electron chi connectivity index (χ4n) is 3.14. The summed E-state index contributed by atoms with van der Waals surface area (Å²) in [6.07, 6.45) is 0. The molecule has 4 rings (SSSR count). The van der Waals surface area contributed by atoms with Gasteiger partial charge in [0.1, 0.15) is 0 Å². The van der Waals surface area contributed by atoms with E-state index in [1.165, 1.54) is 0 Å². The minimum absolute atomic E-state index is 0.0169. The molecule has 0 radical (unpaired) electrons. The number of aromatic nitrogens is 1. The number of halogens is 1. The maximum atomic E-state index is 13.6. The largest absolute Gasteiger partial charge is 0.308 e. The first-order valence-corrected chi connectivity index (χ1v) is 10.6. The van der Waals surface area contributed by atoms with Crippen LogP contribution in [0.3, 0.4) is 0 Å². The summed E-state index contributed by atoms with van der Waals surface area (Å²) in [6.45, 7) is 1.34. The molecule has 0 saturated carbocycles. The van der Waals surface area contributed by atoms with Gasteiger partial charge in [0.2, 0.25) is 0 Å². The van der Waals surface area contributed by atoms with Crippen molar-refractivity contribution >= 4 is 59.3 Å². The summed E-state index contributed by atoms with van der Waals surface area (Å²) in [7, 11) is 4.02. The van der Waals surface area contributed by atoms with Gasteiger partial charge in [0, 0.05) is 23.1 Å². The lowest BCUT2D eigenvalue weighted by Crippen LogP contribution is -2.36. The number of likely N-dealkylation sites (N-methyl/N-ethyl adjacent to an activating group) is 1. The van der Waals surface area contributed by atoms with Gasteiger partial charge in [-0.25, -0.2) is 4.98 Å². The number of carbonyl (C=O) groups excluding carboxylic acids is 1. The van der Waals surface area contributed by atoms with Gasteiger partial charge in [-0.3, -0.25) is 9.69 Å². The van der Waals surface area contributed by atoms with Crippen molar-refractivity contribution < 1.29 is 4.79 Å². The number of fused-ring (bicyclic) bond motifs is 2. The Kier molecular flexibility index (Phi) is 5.44. The third-order valence-corrected chi connectivity index (χ3v) is 6.14. The van der Waals surface area contributed by atoms with Crippen molar-refractivity contribution in [3.8, 4) is 0 Å². The van der Waals surface area contributed by atoms with Crippen molar-refractivity contribution in [3.63, 3.8) is 0 Å². The highest BCUT2D eigenvalue weighted by molar-refractivity contribution is 9.10. The summed E-state index contributed by atoms with van der Waals surface area (Å²) in [6, 6.07) is 19.9. The zero-order chi connectivity index (χ0) is 19.7. The Bertz CT molecular complexity index is 1150. The molecule has 142 valence electrons. The number of carbonyl (C=O) groups is 1. The second-order valence-electron chi connectivity index (χ2n) is 6.90. The SMILES string of the molecule is CN(C)CCN(C(=O)c1cccc2ccccc12)c1nc2ccc(Br)cc2s1. The number of thiazole rings is 1. The highest BCUT2D eigenvalue weighted by Crippen LogP contribution is 2.32. The van der Waals surface area contributed by atoms with Crippen LogP contribution in [0, 0.1) is 0 Å². The van der Waals surface area contributed by atoms with Gasteiger partial charge >= 0.3 is 0 Å². The van der Waals surface area contributed by atoms with Gasteiger partial charge in [-0.05, 0) is 49.1 Å². The van der Waals surface area contributed by atoms with E-state index in [-0.39, 0.29) is 5.91 Å². The molecule has 3 aromatic carbocycles. The molecule has 0 bridgehead atoms. The first kappa shape index (κ1) is 19.1. The van der Waals surface area contributed by atoms with Crippen LogP contribution in [0.15, 0.2) is 65.1 Å². The molecule has 4 nitrogen and oxygen atoms in total. The lowest BCUT2D eigenvalue weighted by atomic mass is 10.0. The highest BCUT2D eigenvalue weighted by Gasteiger charge is 2.23. The van der Waals surface area contributed by atoms with Crippen molar-refractivity contribution in [3.05, 3.63) is 70.7 Å². The van der Waals surface area contributed by atoms with Gasteiger partial charge < -0.3 is 4.90 Å². The van der Waals surface area contributed by atoms with Gasteiger partial charge in [-0.2, -0.15) is 0 Å². The van der Waals surface area contributed by atoms with E-state index in [0.717, 1.165) is 37.1 Å². The summed E-state index contributed by atoms with van der Waals surface area (Å²) < 4.78 is 2.07. The molecule has 0 aliphatic heterocycles. The number of nitrogens with zero attached hydrogens (tertiary/aromatic N) is 3. The zero-order valence-electron chi connectivity index (χ0n) is 15.7. The van der Waals surface area contributed by atoms with Gasteiger partial charge in [0.25, 0.3) is 5.91 Å². The van der Waals surface area contributed by atoms with Gasteiger partial charge in [-0.15, -0.1) is 0 Å². The van der Waals surface area contributed by atoms with E-state index < -0.39 is 0 Å². The average Bonchev–Trinajstić information content (AvgIpc) is 3.10. The number of rotatable bonds is 5. The third-order valence-electron chi connectivity index (χ3n) is 4.61. The molecule has 0 N–H and O–H groups in total. The van der Waals surface area contributed by atoms with E-state index in [1.54, 1.807) is 16.2 Å². The second kappa shape index (κ2) is 7.99. The van der Waals surface area contributed by atoms with Crippen molar-refractivity contribution in [1.82, 2.24) is 9.88 Å². The van der Waals surface area contributed by atoms with Gasteiger partial charge in [-0.1, -0.05) is 63.7 Å². The van der Waals surface area contributed by atoms with Crippen LogP contribution in [-0.4, -0.2) is 43.0 Å². The van der Waals surface area contributed by atoms with E-state index in [1.807, 2.05) is 74.8 Å². The van der Waals surface area contributed by atoms with Crippen molar-refractivity contribution in [2.24, 2.45) is 0 Å². The monoisotopic (exact) mass is 453 g/mol. The van der Waals surface area contributed by atoms with Crippen LogP contribution in [0.1, 0.15) is 10.4 Å². The molecule has 6 heteroatoms. The topological polar surface area (TPSA) is 36.4 Å². The van der Waals surface area contributed by atoms with E-state index in [4.69, 9.17) is 4.98 Å². The molecule has 4 aromatic rings. The van der Waals surface area contributed by atoms with Crippen molar-refractivity contribution in [2.45, 2.75) is 0 Å². The Balaban J connectivity index is 1.79. The highest BCUT2D eigenvalue weighted by atomic mass is 79.9. The van der Waals surface area contributed by atoms with Crippen LogP contribution in [0.2, 0.25) is 0 Å². The average molecular weight is 454 g/mol. The summed E-state index contributed by atoms with van der Waals surface area (Å²) >= 11 is 5.06. The van der Waals surface area contributed by atoms with Crippen LogP contribution in [0.5, 0.6) is 0 Å². The maximum absolute atomic E-state index is 13.6. The van der Waals surface area contributed by atoms with Crippen molar-refractivity contribution in [1.29, 1.82) is 0 Å². The Morgan fingerprint density at radius 3 is 2.64 bits per heavy atom. The molecule has 1 heterocycles. The molecule has 0 fully saturated rings.